The Labute approximate surface area is 95.7 Å². The first-order chi connectivity index (χ1) is 7.71. The molecule has 1 aromatic rings. The van der Waals surface area contributed by atoms with Gasteiger partial charge in [-0.25, -0.2) is 0 Å². The van der Waals surface area contributed by atoms with Gasteiger partial charge in [-0.2, -0.15) is 0 Å². The van der Waals surface area contributed by atoms with E-state index < -0.39 is 0 Å². The van der Waals surface area contributed by atoms with Gasteiger partial charge >= 0.3 is 0 Å². The molecule has 3 N–H and O–H groups in total. The highest BCUT2D eigenvalue weighted by atomic mass is 16.1. The Bertz CT molecular complexity index is 354. The van der Waals surface area contributed by atoms with Crippen molar-refractivity contribution in [2.24, 2.45) is 5.73 Å². The summed E-state index contributed by atoms with van der Waals surface area (Å²) in [6, 6.07) is 3.79. The number of hydrogen-bond donors (Lipinski definition) is 2. The third kappa shape index (κ3) is 3.20. The van der Waals surface area contributed by atoms with E-state index in [1.54, 1.807) is 13.2 Å². The number of carbonyl (C=O) groups excluding carboxylic acids is 1. The lowest BCUT2D eigenvalue weighted by Crippen LogP contribution is -2.35. The highest BCUT2D eigenvalue weighted by Gasteiger charge is 2.08. The van der Waals surface area contributed by atoms with Crippen molar-refractivity contribution in [1.29, 1.82) is 0 Å². The van der Waals surface area contributed by atoms with Crippen LogP contribution in [-0.4, -0.2) is 31.0 Å². The molecule has 1 heterocycles. The molecule has 5 heteroatoms. The fourth-order valence-electron chi connectivity index (χ4n) is 1.41. The van der Waals surface area contributed by atoms with Crippen LogP contribution in [0.25, 0.3) is 0 Å². The molecule has 0 unspecified atom stereocenters. The van der Waals surface area contributed by atoms with Gasteiger partial charge in [0.25, 0.3) is 0 Å². The van der Waals surface area contributed by atoms with Crippen molar-refractivity contribution in [3.8, 4) is 0 Å². The van der Waals surface area contributed by atoms with Gasteiger partial charge in [-0.15, -0.1) is 0 Å². The molecule has 0 spiro atoms. The number of rotatable bonds is 5. The molecule has 0 saturated carbocycles. The Morgan fingerprint density at radius 3 is 2.94 bits per heavy atom. The fraction of sp³-hybridized carbons (Fsp3) is 0.455. The summed E-state index contributed by atoms with van der Waals surface area (Å²) in [5.41, 5.74) is 7.33. The highest BCUT2D eigenvalue weighted by Crippen LogP contribution is 2.13. The predicted molar refractivity (Wildman–Crippen MR) is 64.1 cm³/mol. The van der Waals surface area contributed by atoms with Crippen LogP contribution in [0, 0.1) is 0 Å². The maximum absolute atomic E-state index is 11.3. The van der Waals surface area contributed by atoms with Crippen LogP contribution in [0.4, 0.5) is 5.69 Å². The van der Waals surface area contributed by atoms with Gasteiger partial charge in [-0.1, -0.05) is 0 Å². The van der Waals surface area contributed by atoms with Gasteiger partial charge < -0.3 is 16.0 Å². The van der Waals surface area contributed by atoms with Crippen LogP contribution in [-0.2, 0) is 11.3 Å². The average Bonchev–Trinajstić information content (AvgIpc) is 2.35. The van der Waals surface area contributed by atoms with Gasteiger partial charge in [0.2, 0.25) is 5.91 Å². The van der Waals surface area contributed by atoms with Gasteiger partial charge in [0.05, 0.1) is 12.2 Å². The Kier molecular flexibility index (Phi) is 4.72. The van der Waals surface area contributed by atoms with Crippen molar-refractivity contribution in [2.45, 2.75) is 13.5 Å². The Morgan fingerprint density at radius 1 is 1.62 bits per heavy atom. The topological polar surface area (TPSA) is 71.2 Å². The minimum atomic E-state index is -0.00652. The molecule has 0 radical (unpaired) electrons. The van der Waals surface area contributed by atoms with Crippen molar-refractivity contribution in [1.82, 2.24) is 10.3 Å². The molecule has 88 valence electrons. The summed E-state index contributed by atoms with van der Waals surface area (Å²) in [4.78, 5) is 17.4. The zero-order valence-corrected chi connectivity index (χ0v) is 9.73. The molecule has 0 fully saturated rings. The Morgan fingerprint density at radius 2 is 2.38 bits per heavy atom. The first-order valence-corrected chi connectivity index (χ1v) is 5.31. The lowest BCUT2D eigenvalue weighted by atomic mass is 10.3. The molecular weight excluding hydrogens is 204 g/mol. The minimum absolute atomic E-state index is 0.00652. The van der Waals surface area contributed by atoms with Gasteiger partial charge in [0.15, 0.2) is 0 Å². The van der Waals surface area contributed by atoms with Crippen molar-refractivity contribution < 1.29 is 4.79 Å². The predicted octanol–water partition coefficient (Wildman–Crippen LogP) is 0.113. The summed E-state index contributed by atoms with van der Waals surface area (Å²) in [5.74, 6) is -0.00652. The molecule has 0 aromatic carbocycles. The van der Waals surface area contributed by atoms with E-state index in [-0.39, 0.29) is 5.91 Å². The molecule has 1 aromatic heterocycles. The van der Waals surface area contributed by atoms with Crippen molar-refractivity contribution in [2.75, 3.05) is 25.0 Å². The minimum Gasteiger partial charge on any atom is -0.362 e. The zero-order valence-electron chi connectivity index (χ0n) is 9.73. The van der Waals surface area contributed by atoms with E-state index in [4.69, 9.17) is 5.73 Å². The van der Waals surface area contributed by atoms with Gasteiger partial charge in [-0.3, -0.25) is 9.78 Å². The summed E-state index contributed by atoms with van der Waals surface area (Å²) in [7, 11) is 1.63. The smallest absolute Gasteiger partial charge is 0.239 e. The number of nitrogens with two attached hydrogens (primary N) is 1. The van der Waals surface area contributed by atoms with E-state index >= 15 is 0 Å². The molecule has 5 nitrogen and oxygen atoms in total. The third-order valence-electron chi connectivity index (χ3n) is 2.37. The van der Waals surface area contributed by atoms with E-state index in [2.05, 4.69) is 10.3 Å². The number of nitrogens with zero attached hydrogens (tertiary/aromatic N) is 2. The number of amides is 1. The number of nitrogens with one attached hydrogen (secondary N) is 1. The lowest BCUT2D eigenvalue weighted by Gasteiger charge is -2.22. The van der Waals surface area contributed by atoms with Crippen LogP contribution >= 0.6 is 0 Å². The fourth-order valence-corrected chi connectivity index (χ4v) is 1.41. The van der Waals surface area contributed by atoms with Gasteiger partial charge in [-0.05, 0) is 19.1 Å². The third-order valence-corrected chi connectivity index (χ3v) is 2.37. The van der Waals surface area contributed by atoms with Crippen molar-refractivity contribution >= 4 is 11.6 Å². The summed E-state index contributed by atoms with van der Waals surface area (Å²) < 4.78 is 0. The normalized spacial score (nSPS) is 9.94. The molecule has 1 amide bonds. The number of pyridine rings is 1. The maximum Gasteiger partial charge on any atom is 0.239 e. The molecule has 0 bridgehead atoms. The van der Waals surface area contributed by atoms with Crippen LogP contribution in [0.3, 0.4) is 0 Å². The van der Waals surface area contributed by atoms with Crippen molar-refractivity contribution in [3.63, 3.8) is 0 Å². The largest absolute Gasteiger partial charge is 0.362 e. The summed E-state index contributed by atoms with van der Waals surface area (Å²) >= 11 is 0. The molecular formula is C11H18N4O. The second-order valence-electron chi connectivity index (χ2n) is 3.40. The van der Waals surface area contributed by atoms with Crippen LogP contribution in [0.1, 0.15) is 12.6 Å². The molecule has 0 aliphatic rings. The molecule has 16 heavy (non-hydrogen) atoms. The van der Waals surface area contributed by atoms with E-state index in [0.29, 0.717) is 13.1 Å². The SMILES string of the molecule is CCN(CC(=O)NC)c1ccnc(CN)c1. The zero-order chi connectivity index (χ0) is 12.0. The average molecular weight is 222 g/mol. The highest BCUT2D eigenvalue weighted by molar-refractivity contribution is 5.81. The standard InChI is InChI=1S/C11H18N4O/c1-3-15(8-11(16)13-2)10-4-5-14-9(6-10)7-12/h4-6H,3,7-8,12H2,1-2H3,(H,13,16). The number of anilines is 1. The molecule has 0 saturated heterocycles. The Balaban J connectivity index is 2.81. The first kappa shape index (κ1) is 12.4. The monoisotopic (exact) mass is 222 g/mol. The number of aromatic nitrogens is 1. The van der Waals surface area contributed by atoms with E-state index in [9.17, 15) is 4.79 Å². The van der Waals surface area contributed by atoms with Gasteiger partial charge in [0, 0.05) is 32.0 Å². The second-order valence-corrected chi connectivity index (χ2v) is 3.40. The van der Waals surface area contributed by atoms with E-state index in [1.807, 2.05) is 24.0 Å². The van der Waals surface area contributed by atoms with Crippen molar-refractivity contribution in [3.05, 3.63) is 24.0 Å². The molecule has 0 aliphatic heterocycles. The molecule has 1 rings (SSSR count). The number of likely N-dealkylation sites (N-methyl/N-ethyl adjacent to an activating group) is 2. The van der Waals surface area contributed by atoms with Crippen LogP contribution in [0.2, 0.25) is 0 Å². The van der Waals surface area contributed by atoms with Crippen LogP contribution in [0.15, 0.2) is 18.3 Å². The maximum atomic E-state index is 11.3. The van der Waals surface area contributed by atoms with Crippen LogP contribution < -0.4 is 16.0 Å². The number of carbonyl (C=O) groups is 1. The summed E-state index contributed by atoms with van der Waals surface area (Å²) in [5, 5.41) is 2.61. The Hall–Kier alpha value is -1.62. The van der Waals surface area contributed by atoms with E-state index in [1.165, 1.54) is 0 Å². The lowest BCUT2D eigenvalue weighted by molar-refractivity contribution is -0.119. The van der Waals surface area contributed by atoms with E-state index in [0.717, 1.165) is 17.9 Å². The van der Waals surface area contributed by atoms with Crippen LogP contribution in [0.5, 0.6) is 0 Å². The summed E-state index contributed by atoms with van der Waals surface area (Å²) in [6.45, 7) is 3.53. The quantitative estimate of drug-likeness (QED) is 0.742. The van der Waals surface area contributed by atoms with Gasteiger partial charge in [0.1, 0.15) is 0 Å². The molecule has 0 atom stereocenters. The summed E-state index contributed by atoms with van der Waals surface area (Å²) in [6.07, 6.45) is 1.71. The molecule has 0 aliphatic carbocycles. The second kappa shape index (κ2) is 6.07. The first-order valence-electron chi connectivity index (χ1n) is 5.31. The number of hydrogen-bond acceptors (Lipinski definition) is 4.